The van der Waals surface area contributed by atoms with Crippen molar-refractivity contribution < 1.29 is 23.7 Å². The van der Waals surface area contributed by atoms with Crippen LogP contribution in [0.5, 0.6) is 0 Å². The summed E-state index contributed by atoms with van der Waals surface area (Å²) in [7, 11) is 0. The largest absolute Gasteiger partial charge is 0.380 e. The normalized spacial score (nSPS) is 17.3. The van der Waals surface area contributed by atoms with Gasteiger partial charge in [0.05, 0.1) is 66.1 Å². The number of ether oxygens (including phenoxy) is 5. The van der Waals surface area contributed by atoms with Crippen LogP contribution < -0.4 is 0 Å². The van der Waals surface area contributed by atoms with E-state index >= 15 is 0 Å². The molecule has 0 bridgehead atoms. The second-order valence-corrected chi connectivity index (χ2v) is 14.5. The van der Waals surface area contributed by atoms with Crippen molar-refractivity contribution in [3.8, 4) is 0 Å². The standard InChI is InChI=1S/C23H48O5S6/c1-19(29)11-24-5-6-27-15-23(16-28-14-22(4)32,17-33-9-7-25-12-20(2)30)18-34-10-8-26-13-21(3)31/h19-22,29-32H,5-18H2,1-4H3. The van der Waals surface area contributed by atoms with Crippen molar-refractivity contribution in [2.24, 2.45) is 5.41 Å². The van der Waals surface area contributed by atoms with E-state index < -0.39 is 0 Å². The van der Waals surface area contributed by atoms with Crippen molar-refractivity contribution in [2.45, 2.75) is 48.7 Å². The number of hydrogen-bond acceptors (Lipinski definition) is 11. The molecular weight excluding hydrogens is 549 g/mol. The zero-order valence-electron chi connectivity index (χ0n) is 21.4. The molecule has 0 fully saturated rings. The van der Waals surface area contributed by atoms with Gasteiger partial charge < -0.3 is 23.7 Å². The van der Waals surface area contributed by atoms with Crippen LogP contribution in [0.4, 0.5) is 0 Å². The highest BCUT2D eigenvalue weighted by Gasteiger charge is 2.31. The smallest absolute Gasteiger partial charge is 0.0700 e. The molecule has 0 aromatic heterocycles. The lowest BCUT2D eigenvalue weighted by molar-refractivity contribution is -0.0162. The molecule has 34 heavy (non-hydrogen) atoms. The van der Waals surface area contributed by atoms with Crippen molar-refractivity contribution in [2.75, 3.05) is 89.1 Å². The van der Waals surface area contributed by atoms with Gasteiger partial charge in [0, 0.05) is 49.4 Å². The minimum Gasteiger partial charge on any atom is -0.380 e. The third-order valence-electron chi connectivity index (χ3n) is 4.19. The highest BCUT2D eigenvalue weighted by atomic mass is 32.2. The first-order valence-corrected chi connectivity index (χ1v) is 16.3. The van der Waals surface area contributed by atoms with Gasteiger partial charge in [0.15, 0.2) is 0 Å². The lowest BCUT2D eigenvalue weighted by Crippen LogP contribution is -2.39. The van der Waals surface area contributed by atoms with Crippen LogP contribution in [0.3, 0.4) is 0 Å². The summed E-state index contributed by atoms with van der Waals surface area (Å²) in [6.45, 7) is 14.6. The first kappa shape index (κ1) is 35.9. The summed E-state index contributed by atoms with van der Waals surface area (Å²) in [5.74, 6) is 3.73. The molecule has 0 aromatic rings. The summed E-state index contributed by atoms with van der Waals surface area (Å²) in [6.07, 6.45) is 0. The molecular formula is C23H48O5S6. The summed E-state index contributed by atoms with van der Waals surface area (Å²) >= 11 is 21.3. The fourth-order valence-electron chi connectivity index (χ4n) is 2.68. The van der Waals surface area contributed by atoms with Gasteiger partial charge in [-0.2, -0.15) is 74.0 Å². The van der Waals surface area contributed by atoms with Crippen LogP contribution in [0.25, 0.3) is 0 Å². The van der Waals surface area contributed by atoms with Crippen LogP contribution in [0.15, 0.2) is 0 Å². The molecule has 11 heteroatoms. The molecule has 4 atom stereocenters. The zero-order chi connectivity index (χ0) is 25.7. The molecule has 0 aliphatic rings. The third kappa shape index (κ3) is 24.2. The van der Waals surface area contributed by atoms with Gasteiger partial charge in [0.2, 0.25) is 0 Å². The molecule has 0 rings (SSSR count). The molecule has 0 radical (unpaired) electrons. The Morgan fingerprint density at radius 1 is 0.529 bits per heavy atom. The van der Waals surface area contributed by atoms with Crippen LogP contribution in [0.1, 0.15) is 27.7 Å². The maximum atomic E-state index is 6.10. The third-order valence-corrected chi connectivity index (χ3v) is 7.33. The minimum atomic E-state index is -0.109. The van der Waals surface area contributed by atoms with Gasteiger partial charge in [-0.25, -0.2) is 0 Å². The van der Waals surface area contributed by atoms with Gasteiger partial charge >= 0.3 is 0 Å². The van der Waals surface area contributed by atoms with Gasteiger partial charge in [-0.1, -0.05) is 27.7 Å². The lowest BCUT2D eigenvalue weighted by atomic mass is 9.95. The van der Waals surface area contributed by atoms with Crippen molar-refractivity contribution in [3.05, 3.63) is 0 Å². The number of rotatable bonds is 25. The Morgan fingerprint density at radius 3 is 1.32 bits per heavy atom. The molecule has 0 aliphatic carbocycles. The van der Waals surface area contributed by atoms with E-state index in [9.17, 15) is 0 Å². The second kappa shape index (κ2) is 24.0. The zero-order valence-corrected chi connectivity index (χ0v) is 26.6. The van der Waals surface area contributed by atoms with Gasteiger partial charge in [0.25, 0.3) is 0 Å². The first-order valence-electron chi connectivity index (χ1n) is 11.9. The van der Waals surface area contributed by atoms with Crippen molar-refractivity contribution in [3.63, 3.8) is 0 Å². The van der Waals surface area contributed by atoms with Gasteiger partial charge in [0.1, 0.15) is 0 Å². The monoisotopic (exact) mass is 596 g/mol. The van der Waals surface area contributed by atoms with Gasteiger partial charge in [-0.15, -0.1) is 0 Å². The number of hydrogen-bond donors (Lipinski definition) is 4. The van der Waals surface area contributed by atoms with E-state index in [1.165, 1.54) is 0 Å². The highest BCUT2D eigenvalue weighted by molar-refractivity contribution is 8.00. The van der Waals surface area contributed by atoms with Crippen molar-refractivity contribution in [1.82, 2.24) is 0 Å². The molecule has 5 nitrogen and oxygen atoms in total. The van der Waals surface area contributed by atoms with Crippen LogP contribution in [0.2, 0.25) is 0 Å². The van der Waals surface area contributed by atoms with E-state index in [1.54, 1.807) is 0 Å². The van der Waals surface area contributed by atoms with Gasteiger partial charge in [-0.05, 0) is 0 Å². The van der Waals surface area contributed by atoms with E-state index in [1.807, 2.05) is 51.2 Å². The van der Waals surface area contributed by atoms with Crippen molar-refractivity contribution in [1.29, 1.82) is 0 Å². The second-order valence-electron chi connectivity index (χ2n) is 8.79. The Balaban J connectivity index is 4.81. The molecule has 0 saturated heterocycles. The van der Waals surface area contributed by atoms with E-state index in [4.69, 9.17) is 23.7 Å². The number of thioether (sulfide) groups is 2. The van der Waals surface area contributed by atoms with Gasteiger partial charge in [-0.3, -0.25) is 0 Å². The number of thiol groups is 4. The summed E-state index contributed by atoms with van der Waals surface area (Å²) < 4.78 is 29.2. The molecule has 0 N–H and O–H groups in total. The predicted molar refractivity (Wildman–Crippen MR) is 165 cm³/mol. The van der Waals surface area contributed by atoms with E-state index in [2.05, 4.69) is 50.5 Å². The summed E-state index contributed by atoms with van der Waals surface area (Å²) in [5.41, 5.74) is -0.109. The molecule has 0 heterocycles. The van der Waals surface area contributed by atoms with E-state index in [-0.39, 0.29) is 26.4 Å². The van der Waals surface area contributed by atoms with Crippen LogP contribution in [-0.4, -0.2) is 110 Å². The minimum absolute atomic E-state index is 0.109. The molecule has 4 unspecified atom stereocenters. The highest BCUT2D eigenvalue weighted by Crippen LogP contribution is 2.29. The van der Waals surface area contributed by atoms with E-state index in [0.717, 1.165) is 36.2 Å². The maximum absolute atomic E-state index is 6.10. The molecule has 0 amide bonds. The summed E-state index contributed by atoms with van der Waals surface area (Å²) in [6, 6.07) is 0. The molecule has 206 valence electrons. The summed E-state index contributed by atoms with van der Waals surface area (Å²) in [5, 5.41) is 0.935. The Bertz CT molecular complexity index is 394. The Labute approximate surface area is 239 Å². The SMILES string of the molecule is CC(S)COCCOCC(COCC(C)S)(CSCCOCC(C)S)CSCCOCC(C)S. The van der Waals surface area contributed by atoms with Crippen molar-refractivity contribution >= 4 is 74.0 Å². The summed E-state index contributed by atoms with van der Waals surface area (Å²) in [4.78, 5) is 0. The van der Waals surface area contributed by atoms with Crippen LogP contribution in [0, 0.1) is 5.41 Å². The average Bonchev–Trinajstić information content (AvgIpc) is 2.74. The molecule has 0 saturated carbocycles. The average molecular weight is 597 g/mol. The Hall–Kier alpha value is 1.90. The molecule has 0 spiro atoms. The van der Waals surface area contributed by atoms with Crippen LogP contribution in [-0.2, 0) is 23.7 Å². The topological polar surface area (TPSA) is 46.2 Å². The Kier molecular flexibility index (Phi) is 25.3. The fraction of sp³-hybridized carbons (Fsp3) is 1.00. The van der Waals surface area contributed by atoms with E-state index in [0.29, 0.717) is 52.9 Å². The lowest BCUT2D eigenvalue weighted by Gasteiger charge is -2.33. The Morgan fingerprint density at radius 2 is 0.882 bits per heavy atom. The fourth-order valence-corrected chi connectivity index (χ4v) is 5.39. The van der Waals surface area contributed by atoms with Crippen LogP contribution >= 0.6 is 74.0 Å². The molecule has 0 aromatic carbocycles. The molecule has 0 aliphatic heterocycles. The maximum Gasteiger partial charge on any atom is 0.0700 e. The quantitative estimate of drug-likeness (QED) is 0.0893. The predicted octanol–water partition coefficient (Wildman–Crippen LogP) is 4.80. The first-order chi connectivity index (χ1) is 16.2.